The lowest BCUT2D eigenvalue weighted by molar-refractivity contribution is 0.00282. The van der Waals surface area contributed by atoms with Gasteiger partial charge in [-0.05, 0) is 12.5 Å². The molecule has 9 heteroatoms. The minimum absolute atomic E-state index is 0.305. The molecule has 9 nitrogen and oxygen atoms in total. The van der Waals surface area contributed by atoms with E-state index in [0.717, 1.165) is 6.61 Å². The van der Waals surface area contributed by atoms with Gasteiger partial charge in [0.05, 0.1) is 59.5 Å². The van der Waals surface area contributed by atoms with Gasteiger partial charge < -0.3 is 28.4 Å². The van der Waals surface area contributed by atoms with E-state index < -0.39 is 0 Å². The second kappa shape index (κ2) is 29.0. The Balaban J connectivity index is 0. The van der Waals surface area contributed by atoms with E-state index in [1.165, 1.54) is 0 Å². The Kier molecular flexibility index (Phi) is 29.4. The zero-order valence-corrected chi connectivity index (χ0v) is 16.1. The standard InChI is InChI=1S/C11H20O4.C7H11N3O2/c1-3-5-13-8-9-15-11-10-14-7-6-12-4-2;1-2-4-11-6-7-12-5-3-9-10-8/h1H,4-11H2,2H3;1H,3-7H2. The molecule has 0 amide bonds. The van der Waals surface area contributed by atoms with Gasteiger partial charge in [-0.2, -0.15) is 0 Å². The highest BCUT2D eigenvalue weighted by Crippen LogP contribution is 1.82. The van der Waals surface area contributed by atoms with Gasteiger partial charge in [-0.1, -0.05) is 17.0 Å². The molecular weight excluding hydrogens is 354 g/mol. The largest absolute Gasteiger partial charge is 0.379 e. The van der Waals surface area contributed by atoms with Crippen LogP contribution < -0.4 is 0 Å². The zero-order chi connectivity index (χ0) is 20.3. The van der Waals surface area contributed by atoms with E-state index in [0.29, 0.717) is 79.2 Å². The average molecular weight is 385 g/mol. The maximum Gasteiger partial charge on any atom is 0.107 e. The zero-order valence-electron chi connectivity index (χ0n) is 16.1. The molecule has 0 aliphatic rings. The van der Waals surface area contributed by atoms with Gasteiger partial charge in [0.1, 0.15) is 13.2 Å². The van der Waals surface area contributed by atoms with E-state index in [1.807, 2.05) is 6.92 Å². The summed E-state index contributed by atoms with van der Waals surface area (Å²) >= 11 is 0. The lowest BCUT2D eigenvalue weighted by Crippen LogP contribution is -2.11. The van der Waals surface area contributed by atoms with Gasteiger partial charge in [0, 0.05) is 18.1 Å². The molecular formula is C18H31N3O6. The van der Waals surface area contributed by atoms with Crippen LogP contribution in [0.15, 0.2) is 5.11 Å². The van der Waals surface area contributed by atoms with Crippen LogP contribution in [0.4, 0.5) is 0 Å². The Bertz CT molecular complexity index is 416. The molecule has 0 saturated heterocycles. The molecule has 0 aromatic rings. The molecule has 0 aromatic heterocycles. The molecule has 0 heterocycles. The van der Waals surface area contributed by atoms with Crippen molar-refractivity contribution in [2.75, 3.05) is 85.8 Å². The second-order valence-corrected chi connectivity index (χ2v) is 4.50. The second-order valence-electron chi connectivity index (χ2n) is 4.50. The molecule has 0 radical (unpaired) electrons. The number of rotatable bonds is 18. The van der Waals surface area contributed by atoms with E-state index in [1.54, 1.807) is 0 Å². The highest BCUT2D eigenvalue weighted by atomic mass is 16.6. The van der Waals surface area contributed by atoms with Gasteiger partial charge in [0.2, 0.25) is 0 Å². The summed E-state index contributed by atoms with van der Waals surface area (Å²) in [5.41, 5.74) is 7.89. The maximum atomic E-state index is 7.89. The van der Waals surface area contributed by atoms with Crippen molar-refractivity contribution in [3.63, 3.8) is 0 Å². The lowest BCUT2D eigenvalue weighted by atomic mass is 10.7. The Morgan fingerprint density at radius 2 is 1.11 bits per heavy atom. The van der Waals surface area contributed by atoms with Crippen LogP contribution >= 0.6 is 0 Å². The van der Waals surface area contributed by atoms with Crippen molar-refractivity contribution in [1.29, 1.82) is 0 Å². The Labute approximate surface area is 162 Å². The van der Waals surface area contributed by atoms with Gasteiger partial charge >= 0.3 is 0 Å². The minimum Gasteiger partial charge on any atom is -0.379 e. The van der Waals surface area contributed by atoms with E-state index in [2.05, 4.69) is 21.9 Å². The van der Waals surface area contributed by atoms with Crippen molar-refractivity contribution >= 4 is 0 Å². The van der Waals surface area contributed by atoms with Crippen molar-refractivity contribution in [2.45, 2.75) is 6.92 Å². The van der Waals surface area contributed by atoms with Gasteiger partial charge in [-0.3, -0.25) is 0 Å². The molecule has 0 aliphatic heterocycles. The van der Waals surface area contributed by atoms with Gasteiger partial charge in [0.15, 0.2) is 0 Å². The number of azide groups is 1. The third-order valence-corrected chi connectivity index (χ3v) is 2.46. The molecule has 0 fully saturated rings. The fraction of sp³-hybridized carbons (Fsp3) is 0.778. The highest BCUT2D eigenvalue weighted by Gasteiger charge is 1.90. The van der Waals surface area contributed by atoms with Crippen LogP contribution in [0.25, 0.3) is 10.4 Å². The van der Waals surface area contributed by atoms with Crippen molar-refractivity contribution in [3.8, 4) is 24.7 Å². The molecule has 0 unspecified atom stereocenters. The predicted molar refractivity (Wildman–Crippen MR) is 102 cm³/mol. The molecule has 0 N–H and O–H groups in total. The summed E-state index contributed by atoms with van der Waals surface area (Å²) in [5, 5.41) is 3.29. The Hall–Kier alpha value is -1.81. The fourth-order valence-corrected chi connectivity index (χ4v) is 1.33. The normalized spacial score (nSPS) is 9.44. The minimum atomic E-state index is 0.305. The monoisotopic (exact) mass is 385 g/mol. The molecule has 0 saturated carbocycles. The number of hydrogen-bond donors (Lipinski definition) is 0. The first-order valence-electron chi connectivity index (χ1n) is 8.67. The molecule has 0 rings (SSSR count). The van der Waals surface area contributed by atoms with Crippen LogP contribution in [0.5, 0.6) is 0 Å². The number of terminal acetylenes is 2. The lowest BCUT2D eigenvalue weighted by Gasteiger charge is -2.05. The summed E-state index contributed by atoms with van der Waals surface area (Å²) < 4.78 is 30.5. The van der Waals surface area contributed by atoms with Gasteiger partial charge in [-0.15, -0.1) is 12.8 Å². The molecule has 0 bridgehead atoms. The smallest absolute Gasteiger partial charge is 0.107 e. The first-order valence-corrected chi connectivity index (χ1v) is 8.67. The van der Waals surface area contributed by atoms with Gasteiger partial charge in [0.25, 0.3) is 0 Å². The maximum absolute atomic E-state index is 7.89. The van der Waals surface area contributed by atoms with Crippen molar-refractivity contribution in [3.05, 3.63) is 10.4 Å². The summed E-state index contributed by atoms with van der Waals surface area (Å²) in [4.78, 5) is 2.57. The van der Waals surface area contributed by atoms with Crippen LogP contribution in [0.1, 0.15) is 6.92 Å². The molecule has 0 spiro atoms. The summed E-state index contributed by atoms with van der Waals surface area (Å²) in [5.74, 6) is 4.72. The van der Waals surface area contributed by atoms with Crippen LogP contribution in [0.3, 0.4) is 0 Å². The van der Waals surface area contributed by atoms with E-state index in [9.17, 15) is 0 Å². The van der Waals surface area contributed by atoms with Crippen LogP contribution in [-0.4, -0.2) is 85.8 Å². The van der Waals surface area contributed by atoms with Crippen LogP contribution in [0, 0.1) is 24.7 Å². The summed E-state index contributed by atoms with van der Waals surface area (Å²) in [6, 6.07) is 0. The molecule has 154 valence electrons. The summed E-state index contributed by atoms with van der Waals surface area (Å²) in [7, 11) is 0. The van der Waals surface area contributed by atoms with Crippen molar-refractivity contribution in [2.24, 2.45) is 5.11 Å². The topological polar surface area (TPSA) is 104 Å². The quantitative estimate of drug-likeness (QED) is 0.117. The third-order valence-electron chi connectivity index (χ3n) is 2.46. The van der Waals surface area contributed by atoms with Gasteiger partial charge in [-0.25, -0.2) is 0 Å². The number of hydrogen-bond acceptors (Lipinski definition) is 7. The van der Waals surface area contributed by atoms with Crippen LogP contribution in [-0.2, 0) is 28.4 Å². The highest BCUT2D eigenvalue weighted by molar-refractivity contribution is 4.83. The molecule has 27 heavy (non-hydrogen) atoms. The SMILES string of the molecule is C#CCOCCOCCN=[N+]=[N-].C#CCOCCOCCOCCOCC. The van der Waals surface area contributed by atoms with Crippen molar-refractivity contribution in [1.82, 2.24) is 0 Å². The number of nitrogens with zero attached hydrogens (tertiary/aromatic N) is 3. The summed E-state index contributed by atoms with van der Waals surface area (Å²) in [6.45, 7) is 8.55. The molecule has 0 atom stereocenters. The Morgan fingerprint density at radius 1 is 0.704 bits per heavy atom. The first kappa shape index (κ1) is 27.4. The third kappa shape index (κ3) is 32.3. The van der Waals surface area contributed by atoms with E-state index >= 15 is 0 Å². The van der Waals surface area contributed by atoms with E-state index in [4.69, 9.17) is 46.8 Å². The molecule has 0 aliphatic carbocycles. The average Bonchev–Trinajstić information content (AvgIpc) is 2.69. The molecule has 0 aromatic carbocycles. The predicted octanol–water partition coefficient (Wildman–Crippen LogP) is 1.67. The van der Waals surface area contributed by atoms with E-state index in [-0.39, 0.29) is 0 Å². The first-order chi connectivity index (χ1) is 13.3. The fourth-order valence-electron chi connectivity index (χ4n) is 1.33. The number of ether oxygens (including phenoxy) is 6. The van der Waals surface area contributed by atoms with Crippen LogP contribution in [0.2, 0.25) is 0 Å². The van der Waals surface area contributed by atoms with Crippen molar-refractivity contribution < 1.29 is 28.4 Å². The Morgan fingerprint density at radius 3 is 1.52 bits per heavy atom. The summed E-state index contributed by atoms with van der Waals surface area (Å²) in [6.07, 6.45) is 9.94.